The second-order valence-corrected chi connectivity index (χ2v) is 6.51. The monoisotopic (exact) mass is 390 g/mol. The molecular weight excluding hydrogens is 368 g/mol. The van der Waals surface area contributed by atoms with Gasteiger partial charge in [0.25, 0.3) is 0 Å². The van der Waals surface area contributed by atoms with Crippen LogP contribution in [0.3, 0.4) is 0 Å². The minimum Gasteiger partial charge on any atom is -0.380 e. The van der Waals surface area contributed by atoms with E-state index in [-0.39, 0.29) is 24.4 Å². The lowest BCUT2D eigenvalue weighted by molar-refractivity contribution is -0.117. The number of nitrogens with two attached hydrogens (primary N) is 1. The molecule has 1 amide bonds. The van der Waals surface area contributed by atoms with Crippen molar-refractivity contribution in [1.82, 2.24) is 0 Å². The number of nitrogens with one attached hydrogen (secondary N) is 1. The average molecular weight is 392 g/mol. The maximum absolute atomic E-state index is 12.3. The summed E-state index contributed by atoms with van der Waals surface area (Å²) < 4.78 is 6.14. The molecule has 1 saturated carbocycles. The van der Waals surface area contributed by atoms with Gasteiger partial charge >= 0.3 is 0 Å². The number of carbonyl (C=O) groups is 1. The molecule has 0 spiro atoms. The lowest BCUT2D eigenvalue weighted by Crippen LogP contribution is -2.35. The average Bonchev–Trinajstić information content (AvgIpc) is 2.45. The number of rotatable bonds is 5. The third kappa shape index (κ3) is 5.23. The zero-order valence-electron chi connectivity index (χ0n) is 12.8. The van der Waals surface area contributed by atoms with Crippen molar-refractivity contribution >= 4 is 39.9 Å². The van der Waals surface area contributed by atoms with Crippen LogP contribution in [-0.2, 0) is 16.1 Å². The molecule has 2 rings (SSSR count). The smallest absolute Gasteiger partial charge is 0.224 e. The maximum Gasteiger partial charge on any atom is 0.224 e. The number of methoxy groups -OCH3 is 1. The summed E-state index contributed by atoms with van der Waals surface area (Å²) in [4.78, 5) is 12.3. The van der Waals surface area contributed by atoms with Gasteiger partial charge in [-0.05, 0) is 30.9 Å². The van der Waals surface area contributed by atoms with E-state index in [0.29, 0.717) is 18.9 Å². The summed E-state index contributed by atoms with van der Waals surface area (Å²) in [6.45, 7) is 0.458. The van der Waals surface area contributed by atoms with Gasteiger partial charge in [0.1, 0.15) is 0 Å². The Morgan fingerprint density at radius 3 is 2.82 bits per heavy atom. The number of halogens is 2. The molecule has 1 aromatic rings. The molecule has 0 aromatic heterocycles. The summed E-state index contributed by atoms with van der Waals surface area (Å²) in [7, 11) is 1.64. The lowest BCUT2D eigenvalue weighted by Gasteiger charge is -2.28. The Labute approximate surface area is 146 Å². The van der Waals surface area contributed by atoms with Gasteiger partial charge in [-0.15, -0.1) is 12.4 Å². The fraction of sp³-hybridized carbons (Fsp3) is 0.562. The standard InChI is InChI=1S/C16H23BrN2O2.ClH/c1-21-10-12-13(17)6-4-8-15(12)19-16(20)9-11-5-2-3-7-14(11)18;/h4,6,8,11,14H,2-3,5,7,9-10,18H2,1H3,(H,19,20);1H. The normalized spacial score (nSPS) is 21.0. The van der Waals surface area contributed by atoms with Crippen LogP contribution in [0.2, 0.25) is 0 Å². The molecule has 6 heteroatoms. The fourth-order valence-corrected chi connectivity index (χ4v) is 3.38. The zero-order chi connectivity index (χ0) is 15.2. The van der Waals surface area contributed by atoms with Crippen LogP contribution >= 0.6 is 28.3 Å². The Morgan fingerprint density at radius 1 is 1.41 bits per heavy atom. The van der Waals surface area contributed by atoms with Gasteiger partial charge in [0.15, 0.2) is 0 Å². The van der Waals surface area contributed by atoms with Gasteiger partial charge in [-0.3, -0.25) is 4.79 Å². The first-order valence-corrected chi connectivity index (χ1v) is 8.23. The van der Waals surface area contributed by atoms with Crippen molar-refractivity contribution in [3.63, 3.8) is 0 Å². The van der Waals surface area contributed by atoms with Crippen LogP contribution in [0.1, 0.15) is 37.7 Å². The Balaban J connectivity index is 0.00000242. The first-order chi connectivity index (χ1) is 10.1. The minimum absolute atomic E-state index is 0. The molecule has 2 unspecified atom stereocenters. The van der Waals surface area contributed by atoms with E-state index in [9.17, 15) is 4.79 Å². The molecule has 0 heterocycles. The quantitative estimate of drug-likeness (QED) is 0.801. The highest BCUT2D eigenvalue weighted by atomic mass is 79.9. The van der Waals surface area contributed by atoms with Gasteiger partial charge in [0.2, 0.25) is 5.91 Å². The van der Waals surface area contributed by atoms with Crippen LogP contribution in [0.4, 0.5) is 5.69 Å². The van der Waals surface area contributed by atoms with Crippen molar-refractivity contribution in [2.45, 2.75) is 44.8 Å². The third-order valence-electron chi connectivity index (χ3n) is 4.10. The second-order valence-electron chi connectivity index (χ2n) is 5.66. The van der Waals surface area contributed by atoms with Gasteiger partial charge in [-0.1, -0.05) is 34.8 Å². The van der Waals surface area contributed by atoms with E-state index in [0.717, 1.165) is 28.6 Å². The summed E-state index contributed by atoms with van der Waals surface area (Å²) >= 11 is 3.49. The van der Waals surface area contributed by atoms with Gasteiger partial charge < -0.3 is 15.8 Å². The highest BCUT2D eigenvalue weighted by Crippen LogP contribution is 2.28. The van der Waals surface area contributed by atoms with Gasteiger partial charge in [0, 0.05) is 35.3 Å². The topological polar surface area (TPSA) is 64.3 Å². The number of ether oxygens (including phenoxy) is 1. The molecule has 1 fully saturated rings. The molecule has 1 aromatic carbocycles. The Hall–Kier alpha value is -0.620. The zero-order valence-corrected chi connectivity index (χ0v) is 15.2. The highest BCUT2D eigenvalue weighted by molar-refractivity contribution is 9.10. The Morgan fingerprint density at radius 2 is 2.14 bits per heavy atom. The van der Waals surface area contributed by atoms with Crippen LogP contribution in [0, 0.1) is 5.92 Å². The van der Waals surface area contributed by atoms with Crippen LogP contribution in [0.25, 0.3) is 0 Å². The van der Waals surface area contributed by atoms with Crippen molar-refractivity contribution < 1.29 is 9.53 Å². The van der Waals surface area contributed by atoms with Crippen molar-refractivity contribution in [3.05, 3.63) is 28.2 Å². The van der Waals surface area contributed by atoms with Crippen molar-refractivity contribution in [2.75, 3.05) is 12.4 Å². The van der Waals surface area contributed by atoms with Crippen LogP contribution < -0.4 is 11.1 Å². The number of benzene rings is 1. The van der Waals surface area contributed by atoms with Crippen molar-refractivity contribution in [3.8, 4) is 0 Å². The van der Waals surface area contributed by atoms with Crippen LogP contribution in [0.5, 0.6) is 0 Å². The SMILES string of the molecule is COCc1c(Br)cccc1NC(=O)CC1CCCCC1N.Cl. The minimum atomic E-state index is 0. The number of amides is 1. The molecule has 1 aliphatic carbocycles. The molecule has 22 heavy (non-hydrogen) atoms. The molecule has 0 aliphatic heterocycles. The van der Waals surface area contributed by atoms with Gasteiger partial charge in [-0.2, -0.15) is 0 Å². The molecule has 4 nitrogen and oxygen atoms in total. The summed E-state index contributed by atoms with van der Waals surface area (Å²) in [6.07, 6.45) is 4.95. The van der Waals surface area contributed by atoms with E-state index in [1.165, 1.54) is 12.8 Å². The largest absolute Gasteiger partial charge is 0.380 e. The summed E-state index contributed by atoms with van der Waals surface area (Å²) in [5, 5.41) is 3.00. The molecule has 1 aliphatic rings. The first kappa shape index (κ1) is 19.4. The van der Waals surface area contributed by atoms with E-state index in [4.69, 9.17) is 10.5 Å². The molecule has 124 valence electrons. The number of hydrogen-bond donors (Lipinski definition) is 2. The number of hydrogen-bond acceptors (Lipinski definition) is 3. The molecular formula is C16H24BrClN2O2. The first-order valence-electron chi connectivity index (χ1n) is 7.43. The van der Waals surface area contributed by atoms with E-state index in [2.05, 4.69) is 21.2 Å². The molecule has 2 atom stereocenters. The molecule has 3 N–H and O–H groups in total. The fourth-order valence-electron chi connectivity index (χ4n) is 2.90. The van der Waals surface area contributed by atoms with E-state index >= 15 is 0 Å². The number of carbonyl (C=O) groups excluding carboxylic acids is 1. The van der Waals surface area contributed by atoms with Gasteiger partial charge in [0.05, 0.1) is 6.61 Å². The van der Waals surface area contributed by atoms with Crippen molar-refractivity contribution in [1.29, 1.82) is 0 Å². The summed E-state index contributed by atoms with van der Waals surface area (Å²) in [6, 6.07) is 5.91. The van der Waals surface area contributed by atoms with Crippen LogP contribution in [-0.4, -0.2) is 19.1 Å². The summed E-state index contributed by atoms with van der Waals surface area (Å²) in [5.74, 6) is 0.338. The third-order valence-corrected chi connectivity index (χ3v) is 4.84. The molecule has 0 bridgehead atoms. The van der Waals surface area contributed by atoms with E-state index in [1.54, 1.807) is 7.11 Å². The predicted molar refractivity (Wildman–Crippen MR) is 95.3 cm³/mol. The second kappa shape index (κ2) is 9.50. The lowest BCUT2D eigenvalue weighted by atomic mass is 9.83. The van der Waals surface area contributed by atoms with Gasteiger partial charge in [-0.25, -0.2) is 0 Å². The Bertz CT molecular complexity index is 499. The Kier molecular flexibility index (Phi) is 8.39. The predicted octanol–water partition coefficient (Wildman–Crippen LogP) is 3.86. The van der Waals surface area contributed by atoms with Crippen LogP contribution in [0.15, 0.2) is 22.7 Å². The van der Waals surface area contributed by atoms with Crippen molar-refractivity contribution in [2.24, 2.45) is 11.7 Å². The molecule has 0 saturated heterocycles. The van der Waals surface area contributed by atoms with E-state index in [1.807, 2.05) is 18.2 Å². The summed E-state index contributed by atoms with van der Waals surface area (Å²) in [5.41, 5.74) is 7.88. The molecule has 0 radical (unpaired) electrons. The van der Waals surface area contributed by atoms with E-state index < -0.39 is 0 Å². The number of anilines is 1. The maximum atomic E-state index is 12.3. The highest BCUT2D eigenvalue weighted by Gasteiger charge is 2.24.